The molecule has 0 bridgehead atoms. The van der Waals surface area contributed by atoms with E-state index in [1.165, 1.54) is 60.3 Å². The zero-order valence-corrected chi connectivity index (χ0v) is 12.4. The first kappa shape index (κ1) is 12.2. The van der Waals surface area contributed by atoms with Gasteiger partial charge in [0.2, 0.25) is 0 Å². The largest absolute Gasteiger partial charge is 0.327 e. The van der Waals surface area contributed by atoms with E-state index >= 15 is 0 Å². The Morgan fingerprint density at radius 2 is 1.90 bits per heavy atom. The zero-order chi connectivity index (χ0) is 13.8. The van der Waals surface area contributed by atoms with Crippen molar-refractivity contribution < 1.29 is 0 Å². The summed E-state index contributed by atoms with van der Waals surface area (Å²) < 4.78 is 2.48. The summed E-state index contributed by atoms with van der Waals surface area (Å²) >= 11 is 0. The van der Waals surface area contributed by atoms with Crippen molar-refractivity contribution in [3.63, 3.8) is 0 Å². The molecular weight excluding hydrogens is 260 g/mol. The van der Waals surface area contributed by atoms with Crippen LogP contribution in [0.1, 0.15) is 36.2 Å². The second kappa shape index (κ2) is 4.55. The minimum atomic E-state index is 0.856. The maximum atomic E-state index is 4.94. The summed E-state index contributed by atoms with van der Waals surface area (Å²) in [5, 5.41) is 3.44. The lowest BCUT2D eigenvalue weighted by Gasteiger charge is -2.36. The molecule has 21 heavy (non-hydrogen) atoms. The molecule has 2 aromatic rings. The van der Waals surface area contributed by atoms with E-state index in [1.54, 1.807) is 0 Å². The van der Waals surface area contributed by atoms with Crippen molar-refractivity contribution in [2.75, 3.05) is 13.1 Å². The van der Waals surface area contributed by atoms with Gasteiger partial charge in [0.25, 0.3) is 0 Å². The molecule has 3 heterocycles. The van der Waals surface area contributed by atoms with E-state index in [9.17, 15) is 0 Å². The molecule has 4 heteroatoms. The molecular formula is C17H22N4. The Kier molecular flexibility index (Phi) is 2.64. The third-order valence-electron chi connectivity index (χ3n) is 5.60. The first-order valence-corrected chi connectivity index (χ1v) is 8.34. The van der Waals surface area contributed by atoms with E-state index in [0.29, 0.717) is 0 Å². The quantitative estimate of drug-likeness (QED) is 0.869. The maximum absolute atomic E-state index is 4.94. The predicted octanol–water partition coefficient (Wildman–Crippen LogP) is 2.05. The number of fused-ring (bicyclic) bond motifs is 4. The molecule has 1 aromatic heterocycles. The minimum Gasteiger partial charge on any atom is -0.327 e. The summed E-state index contributed by atoms with van der Waals surface area (Å²) in [6.07, 6.45) is 5.34. The Labute approximate surface area is 125 Å². The summed E-state index contributed by atoms with van der Waals surface area (Å²) in [6.45, 7) is 5.51. The fraction of sp³-hybridized carbons (Fsp3) is 0.588. The Morgan fingerprint density at radius 1 is 1.05 bits per heavy atom. The number of hydrogen-bond donors (Lipinski definition) is 1. The Balaban J connectivity index is 1.52. The molecule has 110 valence electrons. The van der Waals surface area contributed by atoms with Crippen LogP contribution in [-0.2, 0) is 26.1 Å². The molecule has 5 rings (SSSR count). The third-order valence-corrected chi connectivity index (χ3v) is 5.60. The van der Waals surface area contributed by atoms with Gasteiger partial charge in [0.15, 0.2) is 0 Å². The highest BCUT2D eigenvalue weighted by molar-refractivity contribution is 5.78. The lowest BCUT2D eigenvalue weighted by Crippen LogP contribution is -2.41. The summed E-state index contributed by atoms with van der Waals surface area (Å²) in [5.74, 6) is 1.29. The Bertz CT molecular complexity index is 698. The number of imidazole rings is 1. The molecule has 0 atom stereocenters. The highest BCUT2D eigenvalue weighted by atomic mass is 15.2. The monoisotopic (exact) mass is 282 g/mol. The van der Waals surface area contributed by atoms with Crippen molar-refractivity contribution in [3.8, 4) is 0 Å². The lowest BCUT2D eigenvalue weighted by atomic mass is 9.91. The minimum absolute atomic E-state index is 0.856. The first-order chi connectivity index (χ1) is 10.4. The number of rotatable bonds is 1. The van der Waals surface area contributed by atoms with E-state index in [0.717, 1.165) is 32.1 Å². The molecule has 1 saturated carbocycles. The topological polar surface area (TPSA) is 33.1 Å². The van der Waals surface area contributed by atoms with Crippen molar-refractivity contribution in [2.24, 2.45) is 0 Å². The molecule has 3 aliphatic rings. The lowest BCUT2D eigenvalue weighted by molar-refractivity contribution is 0.130. The van der Waals surface area contributed by atoms with Gasteiger partial charge in [-0.3, -0.25) is 4.90 Å². The van der Waals surface area contributed by atoms with Gasteiger partial charge in [-0.05, 0) is 36.1 Å². The van der Waals surface area contributed by atoms with Crippen LogP contribution >= 0.6 is 0 Å². The number of aromatic nitrogens is 2. The summed E-state index contributed by atoms with van der Waals surface area (Å²) in [5.41, 5.74) is 5.45. The molecule has 1 fully saturated rings. The van der Waals surface area contributed by atoms with Crippen LogP contribution in [0.3, 0.4) is 0 Å². The molecule has 0 saturated heterocycles. The fourth-order valence-corrected chi connectivity index (χ4v) is 4.11. The van der Waals surface area contributed by atoms with Crippen molar-refractivity contribution in [1.82, 2.24) is 19.8 Å². The maximum Gasteiger partial charge on any atom is 0.111 e. The van der Waals surface area contributed by atoms with Crippen LogP contribution < -0.4 is 5.32 Å². The van der Waals surface area contributed by atoms with E-state index in [1.807, 2.05) is 0 Å². The molecule has 0 radical (unpaired) electrons. The molecule has 4 nitrogen and oxygen atoms in total. The number of nitrogens with zero attached hydrogens (tertiary/aromatic N) is 3. The Hall–Kier alpha value is -1.39. The normalized spacial score (nSPS) is 22.9. The molecule has 0 amide bonds. The van der Waals surface area contributed by atoms with E-state index in [-0.39, 0.29) is 0 Å². The van der Waals surface area contributed by atoms with Crippen molar-refractivity contribution >= 4 is 11.0 Å². The van der Waals surface area contributed by atoms with Gasteiger partial charge in [-0.1, -0.05) is 6.42 Å². The van der Waals surface area contributed by atoms with Gasteiger partial charge < -0.3 is 9.88 Å². The smallest absolute Gasteiger partial charge is 0.111 e. The van der Waals surface area contributed by atoms with Gasteiger partial charge in [-0.15, -0.1) is 0 Å². The molecule has 1 aliphatic carbocycles. The van der Waals surface area contributed by atoms with Crippen LogP contribution in [0, 0.1) is 0 Å². The first-order valence-electron chi connectivity index (χ1n) is 8.34. The van der Waals surface area contributed by atoms with Crippen molar-refractivity contribution in [2.45, 2.75) is 51.4 Å². The van der Waals surface area contributed by atoms with Crippen LogP contribution in [0.2, 0.25) is 0 Å². The number of hydrogen-bond acceptors (Lipinski definition) is 3. The van der Waals surface area contributed by atoms with Crippen LogP contribution in [0.25, 0.3) is 11.0 Å². The Morgan fingerprint density at radius 3 is 2.71 bits per heavy atom. The second-order valence-electron chi connectivity index (χ2n) is 6.76. The third kappa shape index (κ3) is 1.86. The number of benzene rings is 1. The summed E-state index contributed by atoms with van der Waals surface area (Å²) in [7, 11) is 0. The van der Waals surface area contributed by atoms with Gasteiger partial charge in [0, 0.05) is 45.2 Å². The van der Waals surface area contributed by atoms with E-state index < -0.39 is 0 Å². The van der Waals surface area contributed by atoms with E-state index in [4.69, 9.17) is 4.98 Å². The van der Waals surface area contributed by atoms with E-state index in [2.05, 4.69) is 26.9 Å². The van der Waals surface area contributed by atoms with Gasteiger partial charge in [-0.25, -0.2) is 4.98 Å². The van der Waals surface area contributed by atoms with Crippen LogP contribution in [0.5, 0.6) is 0 Å². The molecule has 0 spiro atoms. The van der Waals surface area contributed by atoms with Gasteiger partial charge in [0.1, 0.15) is 5.82 Å². The molecule has 0 unspecified atom stereocenters. The summed E-state index contributed by atoms with van der Waals surface area (Å²) in [4.78, 5) is 7.63. The average molecular weight is 282 g/mol. The highest BCUT2D eigenvalue weighted by Crippen LogP contribution is 2.29. The number of nitrogens with one attached hydrogen (secondary N) is 1. The SMILES string of the molecule is c1c2c(cc3c1nc1n3CCN(C3CCC3)CC1)CNC2. The standard InChI is InChI=1S/C17H22N4/c1-2-14(3-1)20-5-4-17-19-15-8-12-10-18-11-13(12)9-16(15)21(17)7-6-20/h8-9,14,18H,1-7,10-11H2. The van der Waals surface area contributed by atoms with Crippen LogP contribution in [0.15, 0.2) is 12.1 Å². The summed E-state index contributed by atoms with van der Waals surface area (Å²) in [6, 6.07) is 5.53. The van der Waals surface area contributed by atoms with Gasteiger partial charge in [-0.2, -0.15) is 0 Å². The highest BCUT2D eigenvalue weighted by Gasteiger charge is 2.27. The van der Waals surface area contributed by atoms with Crippen LogP contribution in [0.4, 0.5) is 0 Å². The van der Waals surface area contributed by atoms with Gasteiger partial charge in [0.05, 0.1) is 11.0 Å². The zero-order valence-electron chi connectivity index (χ0n) is 12.4. The second-order valence-corrected chi connectivity index (χ2v) is 6.76. The predicted molar refractivity (Wildman–Crippen MR) is 83.2 cm³/mol. The van der Waals surface area contributed by atoms with Crippen molar-refractivity contribution in [1.29, 1.82) is 0 Å². The molecule has 2 aliphatic heterocycles. The molecule has 1 N–H and O–H groups in total. The van der Waals surface area contributed by atoms with Crippen molar-refractivity contribution in [3.05, 3.63) is 29.1 Å². The molecule has 1 aromatic carbocycles. The fourth-order valence-electron chi connectivity index (χ4n) is 4.11. The average Bonchev–Trinajstić information content (AvgIpc) is 2.95. The van der Waals surface area contributed by atoms with Crippen LogP contribution in [-0.4, -0.2) is 33.6 Å². The van der Waals surface area contributed by atoms with Gasteiger partial charge >= 0.3 is 0 Å².